The van der Waals surface area contributed by atoms with Gasteiger partial charge in [-0.15, -0.1) is 0 Å². The van der Waals surface area contributed by atoms with E-state index in [1.54, 1.807) is 37.4 Å². The van der Waals surface area contributed by atoms with E-state index in [0.29, 0.717) is 39.9 Å². The number of hydrogen-bond acceptors (Lipinski definition) is 4. The number of hydrogen-bond donors (Lipinski definition) is 2. The van der Waals surface area contributed by atoms with Gasteiger partial charge in [-0.1, -0.05) is 30.7 Å². The minimum atomic E-state index is -0.262. The van der Waals surface area contributed by atoms with Crippen LogP contribution in [0.2, 0.25) is 5.02 Å². The van der Waals surface area contributed by atoms with E-state index in [0.717, 1.165) is 11.3 Å². The summed E-state index contributed by atoms with van der Waals surface area (Å²) in [5.74, 6) is 0.793. The Labute approximate surface area is 162 Å². The summed E-state index contributed by atoms with van der Waals surface area (Å²) in [6.45, 7) is 1.99. The molecule has 2 N–H and O–H groups in total. The first-order valence-electron chi connectivity index (χ1n) is 8.44. The van der Waals surface area contributed by atoms with Gasteiger partial charge in [0.2, 0.25) is 0 Å². The van der Waals surface area contributed by atoms with Crippen molar-refractivity contribution in [1.29, 1.82) is 0 Å². The predicted molar refractivity (Wildman–Crippen MR) is 106 cm³/mol. The largest absolute Gasteiger partial charge is 0.493 e. The molecule has 0 spiro atoms. The van der Waals surface area contributed by atoms with E-state index in [1.807, 2.05) is 19.1 Å². The number of halogens is 1. The number of carbonyl (C=O) groups is 1. The lowest BCUT2D eigenvalue weighted by Gasteiger charge is -2.11. The molecular formula is C20H20ClN3O3. The molecule has 1 amide bonds. The number of rotatable bonds is 6. The zero-order valence-corrected chi connectivity index (χ0v) is 16.1. The van der Waals surface area contributed by atoms with Crippen LogP contribution in [0.25, 0.3) is 11.3 Å². The van der Waals surface area contributed by atoms with Crippen molar-refractivity contribution in [3.05, 3.63) is 58.7 Å². The van der Waals surface area contributed by atoms with E-state index in [9.17, 15) is 4.79 Å². The molecule has 0 atom stereocenters. The monoisotopic (exact) mass is 385 g/mol. The van der Waals surface area contributed by atoms with Crippen molar-refractivity contribution in [3.63, 3.8) is 0 Å². The highest BCUT2D eigenvalue weighted by molar-refractivity contribution is 6.30. The fraction of sp³-hybridized carbons (Fsp3) is 0.200. The second kappa shape index (κ2) is 8.14. The van der Waals surface area contributed by atoms with Crippen LogP contribution in [0.1, 0.15) is 23.0 Å². The highest BCUT2D eigenvalue weighted by Gasteiger charge is 2.18. The van der Waals surface area contributed by atoms with Gasteiger partial charge in [-0.25, -0.2) is 0 Å². The molecule has 7 heteroatoms. The van der Waals surface area contributed by atoms with E-state index in [2.05, 4.69) is 15.5 Å². The van der Waals surface area contributed by atoms with Crippen LogP contribution in [0.15, 0.2) is 42.5 Å². The molecule has 0 unspecified atom stereocenters. The van der Waals surface area contributed by atoms with Gasteiger partial charge >= 0.3 is 0 Å². The molecule has 1 aromatic heterocycles. The highest BCUT2D eigenvalue weighted by Crippen LogP contribution is 2.32. The van der Waals surface area contributed by atoms with E-state index < -0.39 is 0 Å². The fourth-order valence-electron chi connectivity index (χ4n) is 2.75. The Morgan fingerprint density at radius 1 is 1.11 bits per heavy atom. The molecule has 0 fully saturated rings. The number of nitrogens with one attached hydrogen (secondary N) is 2. The van der Waals surface area contributed by atoms with Crippen LogP contribution in [0.5, 0.6) is 11.5 Å². The topological polar surface area (TPSA) is 76.2 Å². The molecule has 0 radical (unpaired) electrons. The number of carbonyl (C=O) groups excluding carboxylic acids is 1. The summed E-state index contributed by atoms with van der Waals surface area (Å²) in [7, 11) is 3.08. The molecule has 6 nitrogen and oxygen atoms in total. The number of methoxy groups -OCH3 is 2. The van der Waals surface area contributed by atoms with Gasteiger partial charge in [0.05, 0.1) is 25.6 Å². The maximum absolute atomic E-state index is 12.8. The molecule has 27 heavy (non-hydrogen) atoms. The minimum absolute atomic E-state index is 0.262. The maximum atomic E-state index is 12.8. The number of aromatic nitrogens is 2. The Kier molecular flexibility index (Phi) is 5.66. The summed E-state index contributed by atoms with van der Waals surface area (Å²) in [6, 6.07) is 12.3. The zero-order valence-electron chi connectivity index (χ0n) is 15.3. The number of ether oxygens (including phenoxy) is 2. The summed E-state index contributed by atoms with van der Waals surface area (Å²) in [4.78, 5) is 12.8. The average Bonchev–Trinajstić information content (AvgIpc) is 3.10. The molecule has 0 saturated carbocycles. The third-order valence-corrected chi connectivity index (χ3v) is 4.45. The molecule has 0 saturated heterocycles. The molecule has 0 bridgehead atoms. The Morgan fingerprint density at radius 3 is 2.44 bits per heavy atom. The molecule has 0 aliphatic heterocycles. The van der Waals surface area contributed by atoms with Gasteiger partial charge in [0, 0.05) is 16.1 Å². The summed E-state index contributed by atoms with van der Waals surface area (Å²) in [6.07, 6.45) is 0.697. The Morgan fingerprint density at radius 2 is 1.81 bits per heavy atom. The summed E-state index contributed by atoms with van der Waals surface area (Å²) in [5, 5.41) is 11.0. The second-order valence-corrected chi connectivity index (χ2v) is 6.25. The molecule has 0 aliphatic carbocycles. The number of benzene rings is 2. The van der Waals surface area contributed by atoms with Crippen molar-refractivity contribution in [3.8, 4) is 22.8 Å². The van der Waals surface area contributed by atoms with Crippen LogP contribution >= 0.6 is 11.6 Å². The molecule has 3 aromatic rings. The third kappa shape index (κ3) is 3.90. The van der Waals surface area contributed by atoms with Gasteiger partial charge in [-0.3, -0.25) is 9.89 Å². The van der Waals surface area contributed by atoms with Gasteiger partial charge in [-0.2, -0.15) is 5.10 Å². The lowest BCUT2D eigenvalue weighted by atomic mass is 10.1. The van der Waals surface area contributed by atoms with Gasteiger partial charge in [0.25, 0.3) is 5.91 Å². The Hall–Kier alpha value is -2.99. The predicted octanol–water partition coefficient (Wildman–Crippen LogP) is 4.56. The first-order chi connectivity index (χ1) is 13.1. The first kappa shape index (κ1) is 18.8. The van der Waals surface area contributed by atoms with Crippen molar-refractivity contribution >= 4 is 23.2 Å². The van der Waals surface area contributed by atoms with Crippen molar-refractivity contribution in [2.24, 2.45) is 0 Å². The number of amides is 1. The standard InChI is InChI=1S/C20H20ClN3O3/c1-4-15-19(18(24-23-15)12-5-8-14(21)9-6-12)22-20(25)13-7-10-16(26-2)17(11-13)27-3/h5-11H,4H2,1-3H3,(H,22,25)(H,23,24). The summed E-state index contributed by atoms with van der Waals surface area (Å²) >= 11 is 5.97. The maximum Gasteiger partial charge on any atom is 0.255 e. The van der Waals surface area contributed by atoms with Gasteiger partial charge in [0.15, 0.2) is 11.5 Å². The van der Waals surface area contributed by atoms with Crippen LogP contribution in [0, 0.1) is 0 Å². The van der Waals surface area contributed by atoms with Crippen molar-refractivity contribution in [2.45, 2.75) is 13.3 Å². The van der Waals surface area contributed by atoms with Crippen LogP contribution in [-0.4, -0.2) is 30.3 Å². The quantitative estimate of drug-likeness (QED) is 0.652. The van der Waals surface area contributed by atoms with E-state index in [1.165, 1.54) is 7.11 Å². The number of aryl methyl sites for hydroxylation is 1. The Bertz CT molecular complexity index is 952. The van der Waals surface area contributed by atoms with Crippen molar-refractivity contribution in [1.82, 2.24) is 10.2 Å². The molecule has 140 valence electrons. The third-order valence-electron chi connectivity index (χ3n) is 4.20. The van der Waals surface area contributed by atoms with Gasteiger partial charge in [-0.05, 0) is 36.8 Å². The minimum Gasteiger partial charge on any atom is -0.493 e. The smallest absolute Gasteiger partial charge is 0.255 e. The summed E-state index contributed by atoms with van der Waals surface area (Å²) < 4.78 is 10.5. The number of H-pyrrole nitrogens is 1. The van der Waals surface area contributed by atoms with E-state index in [4.69, 9.17) is 21.1 Å². The normalized spacial score (nSPS) is 10.5. The van der Waals surface area contributed by atoms with Crippen LogP contribution in [0.4, 0.5) is 5.69 Å². The number of nitrogens with zero attached hydrogens (tertiary/aromatic N) is 1. The Balaban J connectivity index is 1.94. The average molecular weight is 386 g/mol. The van der Waals surface area contributed by atoms with Crippen LogP contribution < -0.4 is 14.8 Å². The van der Waals surface area contributed by atoms with Crippen LogP contribution in [-0.2, 0) is 6.42 Å². The first-order valence-corrected chi connectivity index (χ1v) is 8.81. The second-order valence-electron chi connectivity index (χ2n) is 5.81. The van der Waals surface area contributed by atoms with E-state index in [-0.39, 0.29) is 5.91 Å². The molecule has 2 aromatic carbocycles. The molecule has 3 rings (SSSR count). The van der Waals surface area contributed by atoms with Crippen molar-refractivity contribution < 1.29 is 14.3 Å². The SMILES string of the molecule is CCc1[nH]nc(-c2ccc(Cl)cc2)c1NC(=O)c1ccc(OC)c(OC)c1. The lowest BCUT2D eigenvalue weighted by Crippen LogP contribution is -2.13. The van der Waals surface area contributed by atoms with E-state index >= 15 is 0 Å². The van der Waals surface area contributed by atoms with Crippen molar-refractivity contribution in [2.75, 3.05) is 19.5 Å². The van der Waals surface area contributed by atoms with Gasteiger partial charge < -0.3 is 14.8 Å². The highest BCUT2D eigenvalue weighted by atomic mass is 35.5. The van der Waals surface area contributed by atoms with Gasteiger partial charge in [0.1, 0.15) is 5.69 Å². The molecule has 1 heterocycles. The molecular weight excluding hydrogens is 366 g/mol. The van der Waals surface area contributed by atoms with Crippen LogP contribution in [0.3, 0.4) is 0 Å². The lowest BCUT2D eigenvalue weighted by molar-refractivity contribution is 0.102. The zero-order chi connectivity index (χ0) is 19.4. The summed E-state index contributed by atoms with van der Waals surface area (Å²) in [5.41, 5.74) is 3.47. The number of aromatic amines is 1. The molecule has 0 aliphatic rings. The fourth-order valence-corrected chi connectivity index (χ4v) is 2.87. The number of anilines is 1.